The Morgan fingerprint density at radius 1 is 1.20 bits per heavy atom. The molecule has 1 aliphatic heterocycles. The number of hydrogen-bond acceptors (Lipinski definition) is 3. The monoisotopic (exact) mass is 356 g/mol. The van der Waals surface area contributed by atoms with Gasteiger partial charge in [-0.3, -0.25) is 4.79 Å². The normalized spacial score (nSPS) is 17.4. The minimum atomic E-state index is 0.233. The van der Waals surface area contributed by atoms with Crippen molar-refractivity contribution in [2.24, 2.45) is 0 Å². The Morgan fingerprint density at radius 3 is 2.52 bits per heavy atom. The maximum absolute atomic E-state index is 12.6. The summed E-state index contributed by atoms with van der Waals surface area (Å²) in [4.78, 5) is 18.6. The third-order valence-corrected chi connectivity index (χ3v) is 6.07. The van der Waals surface area contributed by atoms with Crippen LogP contribution in [-0.2, 0) is 11.2 Å². The van der Waals surface area contributed by atoms with Gasteiger partial charge < -0.3 is 9.80 Å². The van der Waals surface area contributed by atoms with Crippen molar-refractivity contribution in [3.05, 3.63) is 52.7 Å². The minimum Gasteiger partial charge on any atom is -0.309 e. The molecule has 0 unspecified atom stereocenters. The molecular formula is C21H28N2OS. The molecule has 1 atom stereocenters. The lowest BCUT2D eigenvalue weighted by molar-refractivity contribution is -0.119. The largest absolute Gasteiger partial charge is 0.309 e. The molecule has 1 aliphatic rings. The van der Waals surface area contributed by atoms with E-state index in [2.05, 4.69) is 41.5 Å². The van der Waals surface area contributed by atoms with E-state index in [1.807, 2.05) is 41.4 Å². The molecule has 25 heavy (non-hydrogen) atoms. The highest BCUT2D eigenvalue weighted by atomic mass is 32.1. The average Bonchev–Trinajstić information content (AvgIpc) is 3.16. The van der Waals surface area contributed by atoms with Crippen LogP contribution < -0.4 is 4.90 Å². The number of carbonyl (C=O) groups excluding carboxylic acids is 1. The van der Waals surface area contributed by atoms with Gasteiger partial charge in [0.2, 0.25) is 5.91 Å². The number of carbonyl (C=O) groups is 1. The number of likely N-dealkylation sites (tertiary alicyclic amines) is 1. The Kier molecular flexibility index (Phi) is 6.27. The van der Waals surface area contributed by atoms with Crippen LogP contribution >= 0.6 is 11.3 Å². The second kappa shape index (κ2) is 8.63. The number of rotatable bonds is 6. The van der Waals surface area contributed by atoms with Gasteiger partial charge in [-0.15, -0.1) is 11.3 Å². The van der Waals surface area contributed by atoms with E-state index < -0.39 is 0 Å². The minimum absolute atomic E-state index is 0.233. The van der Waals surface area contributed by atoms with E-state index in [-0.39, 0.29) is 5.91 Å². The second-order valence-corrected chi connectivity index (χ2v) is 7.88. The van der Waals surface area contributed by atoms with Crippen LogP contribution in [-0.4, -0.2) is 36.0 Å². The van der Waals surface area contributed by atoms with Gasteiger partial charge in [0, 0.05) is 42.2 Å². The molecule has 1 amide bonds. The molecule has 1 aromatic heterocycles. The number of thiophene rings is 1. The molecule has 0 aliphatic carbocycles. The summed E-state index contributed by atoms with van der Waals surface area (Å²) < 4.78 is 0. The smallest absolute Gasteiger partial charge is 0.226 e. The van der Waals surface area contributed by atoms with Gasteiger partial charge in [0.1, 0.15) is 0 Å². The van der Waals surface area contributed by atoms with E-state index in [9.17, 15) is 4.79 Å². The van der Waals surface area contributed by atoms with Crippen LogP contribution in [0.1, 0.15) is 38.0 Å². The molecule has 134 valence electrons. The fourth-order valence-corrected chi connectivity index (χ4v) is 4.58. The quantitative estimate of drug-likeness (QED) is 0.756. The van der Waals surface area contributed by atoms with Crippen molar-refractivity contribution >= 4 is 22.9 Å². The van der Waals surface area contributed by atoms with Crippen molar-refractivity contribution in [1.29, 1.82) is 0 Å². The Balaban J connectivity index is 1.62. The van der Waals surface area contributed by atoms with E-state index in [0.717, 1.165) is 38.0 Å². The van der Waals surface area contributed by atoms with Gasteiger partial charge >= 0.3 is 0 Å². The molecule has 4 heteroatoms. The van der Waals surface area contributed by atoms with E-state index in [0.29, 0.717) is 18.5 Å². The van der Waals surface area contributed by atoms with Gasteiger partial charge in [-0.05, 0) is 49.8 Å². The van der Waals surface area contributed by atoms with Gasteiger partial charge in [0.15, 0.2) is 0 Å². The first-order valence-electron chi connectivity index (χ1n) is 9.32. The summed E-state index contributed by atoms with van der Waals surface area (Å²) in [5, 5.41) is 2.16. The molecule has 0 radical (unpaired) electrons. The lowest BCUT2D eigenvalue weighted by atomic mass is 9.99. The van der Waals surface area contributed by atoms with Gasteiger partial charge in [-0.25, -0.2) is 0 Å². The van der Waals surface area contributed by atoms with Gasteiger partial charge in [0.05, 0.1) is 0 Å². The number of benzene rings is 1. The summed E-state index contributed by atoms with van der Waals surface area (Å²) in [6, 6.07) is 15.4. The fourth-order valence-electron chi connectivity index (χ4n) is 3.75. The van der Waals surface area contributed by atoms with Crippen molar-refractivity contribution in [1.82, 2.24) is 4.90 Å². The molecule has 0 spiro atoms. The predicted molar refractivity (Wildman–Crippen MR) is 106 cm³/mol. The van der Waals surface area contributed by atoms with Gasteiger partial charge in [-0.2, -0.15) is 0 Å². The second-order valence-electron chi connectivity index (χ2n) is 6.85. The Labute approximate surface area is 155 Å². The maximum Gasteiger partial charge on any atom is 0.226 e. The highest BCUT2D eigenvalue weighted by molar-refractivity contribution is 7.09. The van der Waals surface area contributed by atoms with E-state index in [1.165, 1.54) is 4.88 Å². The summed E-state index contributed by atoms with van der Waals surface area (Å²) in [5.74, 6) is 0.233. The fraction of sp³-hybridized carbons (Fsp3) is 0.476. The first kappa shape index (κ1) is 18.2. The zero-order chi connectivity index (χ0) is 17.6. The van der Waals surface area contributed by atoms with Crippen molar-refractivity contribution in [3.8, 4) is 0 Å². The predicted octanol–water partition coefficient (Wildman–Crippen LogP) is 4.59. The Bertz CT molecular complexity index is 648. The summed E-state index contributed by atoms with van der Waals surface area (Å²) in [5.41, 5.74) is 1.04. The third kappa shape index (κ3) is 4.50. The summed E-state index contributed by atoms with van der Waals surface area (Å²) >= 11 is 1.85. The molecule has 0 saturated carbocycles. The number of hydrogen-bond donors (Lipinski definition) is 0. The molecule has 2 aromatic rings. The molecule has 1 aromatic carbocycles. The number of piperidine rings is 1. The van der Waals surface area contributed by atoms with Crippen LogP contribution in [0.3, 0.4) is 0 Å². The Morgan fingerprint density at radius 2 is 1.92 bits per heavy atom. The summed E-state index contributed by atoms with van der Waals surface area (Å²) in [7, 11) is 0. The number of amides is 1. The van der Waals surface area contributed by atoms with Crippen molar-refractivity contribution in [2.75, 3.05) is 18.0 Å². The van der Waals surface area contributed by atoms with Crippen LogP contribution in [0.5, 0.6) is 0 Å². The molecule has 0 N–H and O–H groups in total. The van der Waals surface area contributed by atoms with E-state index in [4.69, 9.17) is 0 Å². The highest BCUT2D eigenvalue weighted by Crippen LogP contribution is 2.26. The number of para-hydroxylation sites is 1. The zero-order valence-electron chi connectivity index (χ0n) is 15.2. The standard InChI is InChI=1S/C21H28N2OS/c1-3-21(24)23(18-8-5-4-6-9-18)19-11-13-22(14-12-19)17(2)16-20-10-7-15-25-20/h4-10,15,17,19H,3,11-14,16H2,1-2H3/t17-/m0/s1. The number of anilines is 1. The number of nitrogens with zero attached hydrogens (tertiary/aromatic N) is 2. The van der Waals surface area contributed by atoms with Crippen molar-refractivity contribution in [3.63, 3.8) is 0 Å². The highest BCUT2D eigenvalue weighted by Gasteiger charge is 2.29. The average molecular weight is 357 g/mol. The summed E-state index contributed by atoms with van der Waals surface area (Å²) in [6.07, 6.45) is 3.79. The first-order chi connectivity index (χ1) is 12.2. The maximum atomic E-state index is 12.6. The molecule has 3 rings (SSSR count). The lowest BCUT2D eigenvalue weighted by Gasteiger charge is -2.40. The van der Waals surface area contributed by atoms with Gasteiger partial charge in [0.25, 0.3) is 0 Å². The first-order valence-corrected chi connectivity index (χ1v) is 10.2. The Hall–Kier alpha value is -1.65. The molecule has 1 fully saturated rings. The molecule has 1 saturated heterocycles. The van der Waals surface area contributed by atoms with Gasteiger partial charge in [-0.1, -0.05) is 31.2 Å². The molecular weight excluding hydrogens is 328 g/mol. The van der Waals surface area contributed by atoms with Crippen LogP contribution in [0.4, 0.5) is 5.69 Å². The van der Waals surface area contributed by atoms with E-state index >= 15 is 0 Å². The van der Waals surface area contributed by atoms with E-state index in [1.54, 1.807) is 0 Å². The molecule has 3 nitrogen and oxygen atoms in total. The van der Waals surface area contributed by atoms with Crippen LogP contribution in [0.2, 0.25) is 0 Å². The van der Waals surface area contributed by atoms with Crippen LogP contribution in [0.25, 0.3) is 0 Å². The zero-order valence-corrected chi connectivity index (χ0v) is 16.0. The van der Waals surface area contributed by atoms with Crippen LogP contribution in [0.15, 0.2) is 47.8 Å². The SMILES string of the molecule is CCC(=O)N(c1ccccc1)C1CCN([C@@H](C)Cc2cccs2)CC1. The third-order valence-electron chi connectivity index (χ3n) is 5.17. The molecule has 0 bridgehead atoms. The van der Waals surface area contributed by atoms with Crippen molar-refractivity contribution in [2.45, 2.75) is 51.6 Å². The summed E-state index contributed by atoms with van der Waals surface area (Å²) in [6.45, 7) is 6.41. The topological polar surface area (TPSA) is 23.6 Å². The van der Waals surface area contributed by atoms with Crippen molar-refractivity contribution < 1.29 is 4.79 Å². The lowest BCUT2D eigenvalue weighted by Crippen LogP contribution is -2.49. The molecule has 2 heterocycles. The van der Waals surface area contributed by atoms with Crippen LogP contribution in [0, 0.1) is 0 Å².